The quantitative estimate of drug-likeness (QED) is 0.770. The molecule has 0 fully saturated rings. The first-order valence-corrected chi connectivity index (χ1v) is 6.64. The van der Waals surface area contributed by atoms with Gasteiger partial charge in [0.25, 0.3) is 5.91 Å². The maximum atomic E-state index is 11.7. The number of carbonyl (C=O) groups is 1. The summed E-state index contributed by atoms with van der Waals surface area (Å²) in [7, 11) is 0. The predicted molar refractivity (Wildman–Crippen MR) is 72.9 cm³/mol. The molecule has 0 saturated carbocycles. The summed E-state index contributed by atoms with van der Waals surface area (Å²) in [5.41, 5.74) is 0.551. The Kier molecular flexibility index (Phi) is 6.38. The second-order valence-corrected chi connectivity index (χ2v) is 4.76. The number of rotatable bonds is 6. The maximum absolute atomic E-state index is 11.7. The van der Waals surface area contributed by atoms with E-state index in [-0.39, 0.29) is 5.91 Å². The van der Waals surface area contributed by atoms with Crippen molar-refractivity contribution in [3.05, 3.63) is 33.8 Å². The Balaban J connectivity index is 2.39. The molecule has 0 aliphatic heterocycles. The highest BCUT2D eigenvalue weighted by Crippen LogP contribution is 2.22. The van der Waals surface area contributed by atoms with Gasteiger partial charge in [-0.15, -0.1) is 0 Å². The van der Waals surface area contributed by atoms with Gasteiger partial charge in [0.2, 0.25) is 0 Å². The van der Waals surface area contributed by atoms with E-state index in [0.717, 1.165) is 12.8 Å². The van der Waals surface area contributed by atoms with Crippen molar-refractivity contribution < 1.29 is 4.79 Å². The van der Waals surface area contributed by atoms with Crippen LogP contribution in [0.1, 0.15) is 43.0 Å². The Bertz CT molecular complexity index is 380. The van der Waals surface area contributed by atoms with E-state index in [1.165, 1.54) is 12.8 Å². The van der Waals surface area contributed by atoms with Crippen molar-refractivity contribution in [2.75, 3.05) is 6.54 Å². The van der Waals surface area contributed by atoms with Gasteiger partial charge < -0.3 is 5.32 Å². The standard InChI is InChI=1S/C13H17Cl2NO/c1-2-3-4-5-8-16-13(17)10-6-7-11(14)12(15)9-10/h6-7,9H,2-5,8H2,1H3,(H,16,17). The summed E-state index contributed by atoms with van der Waals surface area (Å²) in [6.07, 6.45) is 4.57. The van der Waals surface area contributed by atoms with Crippen molar-refractivity contribution in [3.8, 4) is 0 Å². The molecule has 0 atom stereocenters. The molecular formula is C13H17Cl2NO. The van der Waals surface area contributed by atoms with E-state index < -0.39 is 0 Å². The molecule has 94 valence electrons. The predicted octanol–water partition coefficient (Wildman–Crippen LogP) is 4.30. The zero-order chi connectivity index (χ0) is 12.7. The van der Waals surface area contributed by atoms with E-state index in [0.29, 0.717) is 22.2 Å². The molecule has 1 N–H and O–H groups in total. The number of carbonyl (C=O) groups excluding carboxylic acids is 1. The van der Waals surface area contributed by atoms with Gasteiger partial charge in [0, 0.05) is 12.1 Å². The minimum atomic E-state index is -0.0972. The lowest BCUT2D eigenvalue weighted by Crippen LogP contribution is -2.24. The first kappa shape index (κ1) is 14.3. The van der Waals surface area contributed by atoms with Crippen molar-refractivity contribution in [1.82, 2.24) is 5.32 Å². The lowest BCUT2D eigenvalue weighted by molar-refractivity contribution is 0.0953. The fourth-order valence-corrected chi connectivity index (χ4v) is 1.79. The van der Waals surface area contributed by atoms with Gasteiger partial charge in [0.05, 0.1) is 10.0 Å². The average Bonchev–Trinajstić information content (AvgIpc) is 2.32. The maximum Gasteiger partial charge on any atom is 0.251 e. The number of halogens is 2. The lowest BCUT2D eigenvalue weighted by atomic mass is 10.2. The fraction of sp³-hybridized carbons (Fsp3) is 0.462. The van der Waals surface area contributed by atoms with Gasteiger partial charge in [-0.05, 0) is 24.6 Å². The molecule has 17 heavy (non-hydrogen) atoms. The van der Waals surface area contributed by atoms with Crippen molar-refractivity contribution in [1.29, 1.82) is 0 Å². The highest BCUT2D eigenvalue weighted by Gasteiger charge is 2.06. The van der Waals surface area contributed by atoms with Gasteiger partial charge in [0.1, 0.15) is 0 Å². The van der Waals surface area contributed by atoms with E-state index in [1.807, 2.05) is 0 Å². The highest BCUT2D eigenvalue weighted by atomic mass is 35.5. The zero-order valence-corrected chi connectivity index (χ0v) is 11.4. The van der Waals surface area contributed by atoms with Crippen LogP contribution in [0.15, 0.2) is 18.2 Å². The molecule has 0 aliphatic rings. The molecule has 0 aromatic heterocycles. The smallest absolute Gasteiger partial charge is 0.251 e. The van der Waals surface area contributed by atoms with Crippen LogP contribution >= 0.6 is 23.2 Å². The molecule has 0 bridgehead atoms. The van der Waals surface area contributed by atoms with Crippen LogP contribution in [-0.4, -0.2) is 12.5 Å². The van der Waals surface area contributed by atoms with E-state index in [1.54, 1.807) is 18.2 Å². The van der Waals surface area contributed by atoms with Crippen LogP contribution in [0.5, 0.6) is 0 Å². The minimum Gasteiger partial charge on any atom is -0.352 e. The number of hydrogen-bond donors (Lipinski definition) is 1. The molecule has 1 amide bonds. The Labute approximate surface area is 112 Å². The van der Waals surface area contributed by atoms with E-state index in [2.05, 4.69) is 12.2 Å². The number of nitrogens with one attached hydrogen (secondary N) is 1. The lowest BCUT2D eigenvalue weighted by Gasteiger charge is -2.05. The molecule has 2 nitrogen and oxygen atoms in total. The van der Waals surface area contributed by atoms with Crippen molar-refractivity contribution in [3.63, 3.8) is 0 Å². The Morgan fingerprint density at radius 2 is 1.94 bits per heavy atom. The number of benzene rings is 1. The molecule has 1 aromatic carbocycles. The van der Waals surface area contributed by atoms with Crippen molar-refractivity contribution in [2.24, 2.45) is 0 Å². The van der Waals surface area contributed by atoms with Crippen molar-refractivity contribution in [2.45, 2.75) is 32.6 Å². The molecule has 1 rings (SSSR count). The summed E-state index contributed by atoms with van der Waals surface area (Å²) >= 11 is 11.6. The summed E-state index contributed by atoms with van der Waals surface area (Å²) in [6.45, 7) is 2.87. The molecule has 4 heteroatoms. The number of amides is 1. The SMILES string of the molecule is CCCCCCNC(=O)c1ccc(Cl)c(Cl)c1. The summed E-state index contributed by atoms with van der Waals surface area (Å²) in [5, 5.41) is 3.74. The molecule has 0 spiro atoms. The fourth-order valence-electron chi connectivity index (χ4n) is 1.49. The highest BCUT2D eigenvalue weighted by molar-refractivity contribution is 6.42. The van der Waals surface area contributed by atoms with Gasteiger partial charge in [-0.2, -0.15) is 0 Å². The summed E-state index contributed by atoms with van der Waals surface area (Å²) < 4.78 is 0. The Morgan fingerprint density at radius 3 is 2.59 bits per heavy atom. The van der Waals surface area contributed by atoms with Gasteiger partial charge in [-0.25, -0.2) is 0 Å². The summed E-state index contributed by atoms with van der Waals surface area (Å²) in [6, 6.07) is 4.90. The molecule has 0 heterocycles. The van der Waals surface area contributed by atoms with Gasteiger partial charge >= 0.3 is 0 Å². The third-order valence-corrected chi connectivity index (χ3v) is 3.24. The van der Waals surface area contributed by atoms with Crippen molar-refractivity contribution >= 4 is 29.1 Å². The van der Waals surface area contributed by atoms with Crippen LogP contribution < -0.4 is 5.32 Å². The third kappa shape index (κ3) is 4.97. The van der Waals surface area contributed by atoms with E-state index >= 15 is 0 Å². The van der Waals surface area contributed by atoms with Gasteiger partial charge in [-0.3, -0.25) is 4.79 Å². The van der Waals surface area contributed by atoms with E-state index in [4.69, 9.17) is 23.2 Å². The van der Waals surface area contributed by atoms with Crippen LogP contribution in [0.25, 0.3) is 0 Å². The van der Waals surface area contributed by atoms with Crippen LogP contribution in [0.4, 0.5) is 0 Å². The van der Waals surface area contributed by atoms with Gasteiger partial charge in [0.15, 0.2) is 0 Å². The van der Waals surface area contributed by atoms with E-state index in [9.17, 15) is 4.79 Å². The molecule has 1 aromatic rings. The Morgan fingerprint density at radius 1 is 1.18 bits per heavy atom. The number of unbranched alkanes of at least 4 members (excludes halogenated alkanes) is 3. The second-order valence-electron chi connectivity index (χ2n) is 3.95. The number of hydrogen-bond acceptors (Lipinski definition) is 1. The molecule has 0 unspecified atom stereocenters. The van der Waals surface area contributed by atoms with Crippen LogP contribution in [0.3, 0.4) is 0 Å². The molecule has 0 aliphatic carbocycles. The summed E-state index contributed by atoms with van der Waals surface area (Å²) in [4.78, 5) is 11.7. The van der Waals surface area contributed by atoms with Crippen LogP contribution in [-0.2, 0) is 0 Å². The normalized spacial score (nSPS) is 10.3. The van der Waals surface area contributed by atoms with Crippen LogP contribution in [0, 0.1) is 0 Å². The zero-order valence-electron chi connectivity index (χ0n) is 9.93. The molecule has 0 saturated heterocycles. The molecular weight excluding hydrogens is 257 g/mol. The first-order chi connectivity index (χ1) is 8.15. The topological polar surface area (TPSA) is 29.1 Å². The second kappa shape index (κ2) is 7.57. The van der Waals surface area contributed by atoms with Crippen LogP contribution in [0.2, 0.25) is 10.0 Å². The monoisotopic (exact) mass is 273 g/mol. The third-order valence-electron chi connectivity index (χ3n) is 2.50. The first-order valence-electron chi connectivity index (χ1n) is 5.88. The largest absolute Gasteiger partial charge is 0.352 e. The average molecular weight is 274 g/mol. The molecule has 0 radical (unpaired) electrons. The Hall–Kier alpha value is -0.730. The summed E-state index contributed by atoms with van der Waals surface area (Å²) in [5.74, 6) is -0.0972. The minimum absolute atomic E-state index is 0.0972. The van der Waals surface area contributed by atoms with Gasteiger partial charge in [-0.1, -0.05) is 49.4 Å².